The predicted octanol–water partition coefficient (Wildman–Crippen LogP) is 22.1. The third-order valence-electron chi connectivity index (χ3n) is 14.2. The van der Waals surface area contributed by atoms with Gasteiger partial charge in [-0.1, -0.05) is 273 Å². The van der Waals surface area contributed by atoms with Gasteiger partial charge in [0.15, 0.2) is 6.10 Å². The molecule has 0 heterocycles. The molecule has 1 atom stereocenters. The third kappa shape index (κ3) is 61.6. The predicted molar refractivity (Wildman–Crippen MR) is 325 cm³/mol. The molecule has 0 aromatic heterocycles. The van der Waals surface area contributed by atoms with Gasteiger partial charge in [-0.2, -0.15) is 0 Å². The summed E-state index contributed by atoms with van der Waals surface area (Å²) < 4.78 is 16.9. The zero-order valence-electron chi connectivity index (χ0n) is 49.8. The molecule has 0 saturated carbocycles. The SMILES string of the molecule is CCCC/C=C\CCCCCCCC(=O)OCC(COC(=O)CCCCCCCCCCCCCCCC/C=C\C/C=C\C/C=C\CCCCCCC)OC(=O)CCCCCCCCC/C=C\C/C=C\CCCCC. The van der Waals surface area contributed by atoms with Crippen molar-refractivity contribution in [2.24, 2.45) is 0 Å². The first-order valence-electron chi connectivity index (χ1n) is 32.4. The summed E-state index contributed by atoms with van der Waals surface area (Å²) in [5, 5.41) is 0. The molecule has 0 aliphatic carbocycles. The second kappa shape index (κ2) is 63.4. The van der Waals surface area contributed by atoms with Gasteiger partial charge in [-0.3, -0.25) is 14.4 Å². The normalized spacial score (nSPS) is 12.5. The van der Waals surface area contributed by atoms with Crippen LogP contribution in [0.15, 0.2) is 72.9 Å². The largest absolute Gasteiger partial charge is 0.462 e. The molecule has 1 unspecified atom stereocenters. The number of carbonyl (C=O) groups excluding carboxylic acids is 3. The molecule has 0 fully saturated rings. The number of carbonyl (C=O) groups is 3. The zero-order valence-corrected chi connectivity index (χ0v) is 49.8. The summed E-state index contributed by atoms with van der Waals surface area (Å²) in [6, 6.07) is 0. The van der Waals surface area contributed by atoms with Crippen molar-refractivity contribution in [2.75, 3.05) is 13.2 Å². The van der Waals surface area contributed by atoms with Crippen LogP contribution in [-0.4, -0.2) is 37.2 Å². The molecular weight excluding hydrogens is 925 g/mol. The average Bonchev–Trinajstić information content (AvgIpc) is 3.41. The maximum atomic E-state index is 12.9. The Morgan fingerprint density at radius 2 is 0.493 bits per heavy atom. The van der Waals surface area contributed by atoms with E-state index in [2.05, 4.69) is 93.7 Å². The molecule has 0 saturated heterocycles. The van der Waals surface area contributed by atoms with Crippen LogP contribution in [0.4, 0.5) is 0 Å². The molecule has 0 aliphatic rings. The molecule has 0 spiro atoms. The molecule has 6 heteroatoms. The van der Waals surface area contributed by atoms with E-state index in [0.29, 0.717) is 19.3 Å². The summed E-state index contributed by atoms with van der Waals surface area (Å²) in [5.41, 5.74) is 0. The Morgan fingerprint density at radius 1 is 0.267 bits per heavy atom. The van der Waals surface area contributed by atoms with Crippen molar-refractivity contribution in [3.8, 4) is 0 Å². The monoisotopic (exact) mass is 1050 g/mol. The van der Waals surface area contributed by atoms with E-state index in [1.807, 2.05) is 0 Å². The summed E-state index contributed by atoms with van der Waals surface area (Å²) in [7, 11) is 0. The molecular formula is C69H122O6. The molecule has 0 rings (SSSR count). The number of hydrogen-bond donors (Lipinski definition) is 0. The van der Waals surface area contributed by atoms with E-state index in [9.17, 15) is 14.4 Å². The van der Waals surface area contributed by atoms with Crippen LogP contribution in [0.1, 0.15) is 329 Å². The molecule has 0 radical (unpaired) electrons. The van der Waals surface area contributed by atoms with Gasteiger partial charge in [0.1, 0.15) is 13.2 Å². The first-order chi connectivity index (χ1) is 37.0. The highest BCUT2D eigenvalue weighted by Crippen LogP contribution is 2.16. The van der Waals surface area contributed by atoms with Crippen molar-refractivity contribution < 1.29 is 28.6 Å². The van der Waals surface area contributed by atoms with Crippen molar-refractivity contribution in [2.45, 2.75) is 335 Å². The molecule has 6 nitrogen and oxygen atoms in total. The molecule has 434 valence electrons. The highest BCUT2D eigenvalue weighted by atomic mass is 16.6. The highest BCUT2D eigenvalue weighted by Gasteiger charge is 2.19. The van der Waals surface area contributed by atoms with Gasteiger partial charge in [-0.05, 0) is 109 Å². The van der Waals surface area contributed by atoms with E-state index in [0.717, 1.165) is 89.9 Å². The lowest BCUT2D eigenvalue weighted by molar-refractivity contribution is -0.167. The number of hydrogen-bond acceptors (Lipinski definition) is 6. The van der Waals surface area contributed by atoms with Crippen molar-refractivity contribution in [1.29, 1.82) is 0 Å². The summed E-state index contributed by atoms with van der Waals surface area (Å²) in [6.07, 6.45) is 82.0. The Hall–Kier alpha value is -3.15. The van der Waals surface area contributed by atoms with Crippen LogP contribution in [0, 0.1) is 0 Å². The minimum Gasteiger partial charge on any atom is -0.462 e. The number of ether oxygens (including phenoxy) is 3. The number of allylic oxidation sites excluding steroid dienone is 12. The maximum Gasteiger partial charge on any atom is 0.306 e. The van der Waals surface area contributed by atoms with E-state index >= 15 is 0 Å². The van der Waals surface area contributed by atoms with Gasteiger partial charge < -0.3 is 14.2 Å². The number of esters is 3. The Kier molecular flexibility index (Phi) is 60.7. The van der Waals surface area contributed by atoms with Crippen LogP contribution < -0.4 is 0 Å². The van der Waals surface area contributed by atoms with Crippen molar-refractivity contribution in [3.05, 3.63) is 72.9 Å². The van der Waals surface area contributed by atoms with Gasteiger partial charge in [0.05, 0.1) is 0 Å². The summed E-state index contributed by atoms with van der Waals surface area (Å²) in [6.45, 7) is 6.58. The Morgan fingerprint density at radius 3 is 0.827 bits per heavy atom. The lowest BCUT2D eigenvalue weighted by Crippen LogP contribution is -2.30. The molecule has 0 aliphatic heterocycles. The third-order valence-corrected chi connectivity index (χ3v) is 14.2. The molecule has 0 aromatic carbocycles. The van der Waals surface area contributed by atoms with Crippen LogP contribution in [0.25, 0.3) is 0 Å². The average molecular weight is 1050 g/mol. The zero-order chi connectivity index (χ0) is 54.3. The van der Waals surface area contributed by atoms with E-state index in [4.69, 9.17) is 14.2 Å². The van der Waals surface area contributed by atoms with Gasteiger partial charge in [0, 0.05) is 19.3 Å². The van der Waals surface area contributed by atoms with Gasteiger partial charge in [0.25, 0.3) is 0 Å². The van der Waals surface area contributed by atoms with E-state index in [1.54, 1.807) is 0 Å². The van der Waals surface area contributed by atoms with E-state index in [1.165, 1.54) is 199 Å². The first kappa shape index (κ1) is 71.8. The minimum atomic E-state index is -0.783. The highest BCUT2D eigenvalue weighted by molar-refractivity contribution is 5.71. The van der Waals surface area contributed by atoms with Crippen LogP contribution in [0.5, 0.6) is 0 Å². The van der Waals surface area contributed by atoms with Gasteiger partial charge >= 0.3 is 17.9 Å². The Labute approximate surface area is 465 Å². The van der Waals surface area contributed by atoms with Crippen LogP contribution in [0.2, 0.25) is 0 Å². The number of unbranched alkanes of at least 4 members (excludes halogenated alkanes) is 36. The first-order valence-corrected chi connectivity index (χ1v) is 32.4. The van der Waals surface area contributed by atoms with Gasteiger partial charge in [-0.25, -0.2) is 0 Å². The van der Waals surface area contributed by atoms with E-state index in [-0.39, 0.29) is 31.1 Å². The van der Waals surface area contributed by atoms with Crippen LogP contribution in [0.3, 0.4) is 0 Å². The molecule has 75 heavy (non-hydrogen) atoms. The lowest BCUT2D eigenvalue weighted by atomic mass is 10.0. The smallest absolute Gasteiger partial charge is 0.306 e. The second-order valence-corrected chi connectivity index (χ2v) is 21.7. The summed E-state index contributed by atoms with van der Waals surface area (Å²) >= 11 is 0. The van der Waals surface area contributed by atoms with Crippen LogP contribution >= 0.6 is 0 Å². The quantitative estimate of drug-likeness (QED) is 0.0261. The van der Waals surface area contributed by atoms with Gasteiger partial charge in [0.2, 0.25) is 0 Å². The fourth-order valence-corrected chi connectivity index (χ4v) is 9.23. The van der Waals surface area contributed by atoms with Crippen molar-refractivity contribution in [3.63, 3.8) is 0 Å². The van der Waals surface area contributed by atoms with Crippen molar-refractivity contribution in [1.82, 2.24) is 0 Å². The molecule has 0 N–H and O–H groups in total. The fraction of sp³-hybridized carbons (Fsp3) is 0.783. The second-order valence-electron chi connectivity index (χ2n) is 21.7. The van der Waals surface area contributed by atoms with Crippen molar-refractivity contribution >= 4 is 17.9 Å². The Bertz CT molecular complexity index is 1390. The standard InChI is InChI=1S/C69H122O6/c1-4-7-10-13-16-19-22-24-26-28-29-30-31-32-33-34-35-36-37-38-39-41-42-44-47-50-53-56-59-62-68(71)74-65-66(64-73-67(70)61-58-55-52-49-46-21-18-15-12-9-6-3)75-69(72)63-60-57-54-51-48-45-43-40-27-25-23-20-17-14-11-8-5-2/h15,17-18,20,22,24-25,27-29,31-32,66H,4-14,16,19,21,23,26,30,33-65H2,1-3H3/b18-15-,20-17-,24-22-,27-25-,29-28-,32-31-. The fourth-order valence-electron chi connectivity index (χ4n) is 9.23. The van der Waals surface area contributed by atoms with Gasteiger partial charge in [-0.15, -0.1) is 0 Å². The molecule has 0 aromatic rings. The topological polar surface area (TPSA) is 78.9 Å². The maximum absolute atomic E-state index is 12.9. The van der Waals surface area contributed by atoms with E-state index < -0.39 is 6.10 Å². The Balaban J connectivity index is 4.20. The summed E-state index contributed by atoms with van der Waals surface area (Å²) in [4.78, 5) is 38.2. The molecule has 0 amide bonds. The minimum absolute atomic E-state index is 0.0798. The molecule has 0 bridgehead atoms. The number of rotatable bonds is 59. The summed E-state index contributed by atoms with van der Waals surface area (Å²) in [5.74, 6) is -0.886. The van der Waals surface area contributed by atoms with Crippen LogP contribution in [-0.2, 0) is 28.6 Å². The lowest BCUT2D eigenvalue weighted by Gasteiger charge is -2.18.